The summed E-state index contributed by atoms with van der Waals surface area (Å²) in [5.41, 5.74) is 5.12. The lowest BCUT2D eigenvalue weighted by Crippen LogP contribution is -2.30. The molecule has 1 atom stereocenters. The van der Waals surface area contributed by atoms with Gasteiger partial charge in [0.25, 0.3) is 0 Å². The zero-order chi connectivity index (χ0) is 8.85. The third-order valence-electron chi connectivity index (χ3n) is 1.20. The van der Waals surface area contributed by atoms with Gasteiger partial charge in [0.05, 0.1) is 5.88 Å². The first-order valence-corrected chi connectivity index (χ1v) is 3.67. The van der Waals surface area contributed by atoms with Crippen molar-refractivity contribution in [1.29, 1.82) is 0 Å². The number of carbonyl (C=O) groups is 2. The summed E-state index contributed by atoms with van der Waals surface area (Å²) < 4.78 is 0. The molecule has 5 heteroatoms. The number of hydrogen-bond donors (Lipinski definition) is 2. The highest BCUT2D eigenvalue weighted by Crippen LogP contribution is 1.96. The van der Waals surface area contributed by atoms with E-state index in [0.717, 1.165) is 0 Å². The number of hydrogen-bond acceptors (Lipinski definition) is 3. The van der Waals surface area contributed by atoms with E-state index < -0.39 is 12.0 Å². The molecule has 0 aromatic heterocycles. The number of carbonyl (C=O) groups excluding carboxylic acids is 1. The Kier molecular flexibility index (Phi) is 4.81. The van der Waals surface area contributed by atoms with Crippen LogP contribution in [0, 0.1) is 0 Å². The topological polar surface area (TPSA) is 80.4 Å². The molecule has 0 heterocycles. The Balaban J connectivity index is 3.54. The number of alkyl halides is 1. The third kappa shape index (κ3) is 4.75. The van der Waals surface area contributed by atoms with Crippen molar-refractivity contribution in [2.75, 3.05) is 5.88 Å². The Bertz CT molecular complexity index is 160. The van der Waals surface area contributed by atoms with Crippen LogP contribution < -0.4 is 5.73 Å². The SMILES string of the molecule is N[C@H](CCC(=O)CCl)C(=O)O. The van der Waals surface area contributed by atoms with Crippen LogP contribution in [-0.2, 0) is 9.59 Å². The van der Waals surface area contributed by atoms with Crippen LogP contribution in [0.25, 0.3) is 0 Å². The highest BCUT2D eigenvalue weighted by molar-refractivity contribution is 6.27. The maximum atomic E-state index is 10.6. The van der Waals surface area contributed by atoms with Gasteiger partial charge in [-0.15, -0.1) is 11.6 Å². The van der Waals surface area contributed by atoms with Crippen LogP contribution >= 0.6 is 11.6 Å². The Morgan fingerprint density at radius 3 is 2.45 bits per heavy atom. The number of aliphatic carboxylic acids is 1. The zero-order valence-corrected chi connectivity index (χ0v) is 6.67. The molecule has 0 saturated heterocycles. The molecule has 0 radical (unpaired) electrons. The van der Waals surface area contributed by atoms with E-state index in [1.165, 1.54) is 0 Å². The van der Waals surface area contributed by atoms with E-state index in [1.54, 1.807) is 0 Å². The second kappa shape index (κ2) is 5.09. The molecule has 0 aliphatic carbocycles. The van der Waals surface area contributed by atoms with Gasteiger partial charge in [0, 0.05) is 6.42 Å². The Labute approximate surface area is 69.3 Å². The van der Waals surface area contributed by atoms with Crippen LogP contribution in [0.1, 0.15) is 12.8 Å². The predicted octanol–water partition coefficient (Wildman–Crippen LogP) is -0.0136. The molecule has 0 spiro atoms. The molecule has 0 aromatic rings. The highest BCUT2D eigenvalue weighted by Gasteiger charge is 2.12. The fourth-order valence-electron chi connectivity index (χ4n) is 0.507. The molecule has 11 heavy (non-hydrogen) atoms. The first kappa shape index (κ1) is 10.4. The molecule has 0 aromatic carbocycles. The van der Waals surface area contributed by atoms with Crippen LogP contribution in [0.4, 0.5) is 0 Å². The van der Waals surface area contributed by atoms with Crippen LogP contribution in [0.5, 0.6) is 0 Å². The Hall–Kier alpha value is -0.610. The summed E-state index contributed by atoms with van der Waals surface area (Å²) in [7, 11) is 0. The molecular formula is C6H10ClNO3. The molecule has 4 nitrogen and oxygen atoms in total. The first-order chi connectivity index (χ1) is 5.07. The lowest BCUT2D eigenvalue weighted by atomic mass is 10.1. The second-order valence-electron chi connectivity index (χ2n) is 2.16. The smallest absolute Gasteiger partial charge is 0.320 e. The van der Waals surface area contributed by atoms with E-state index in [9.17, 15) is 9.59 Å². The molecule has 3 N–H and O–H groups in total. The van der Waals surface area contributed by atoms with Gasteiger partial charge in [-0.25, -0.2) is 0 Å². The summed E-state index contributed by atoms with van der Waals surface area (Å²) in [5.74, 6) is -1.34. The Morgan fingerprint density at radius 1 is 1.55 bits per heavy atom. The highest BCUT2D eigenvalue weighted by atomic mass is 35.5. The van der Waals surface area contributed by atoms with Crippen molar-refractivity contribution in [3.05, 3.63) is 0 Å². The van der Waals surface area contributed by atoms with Crippen LogP contribution in [-0.4, -0.2) is 28.8 Å². The number of Topliss-reactive ketones (excluding diaryl/α,β-unsaturated/α-hetero) is 1. The zero-order valence-electron chi connectivity index (χ0n) is 5.92. The molecule has 0 bridgehead atoms. The molecular weight excluding hydrogens is 170 g/mol. The van der Waals surface area contributed by atoms with Gasteiger partial charge in [-0.3, -0.25) is 9.59 Å². The average molecular weight is 180 g/mol. The van der Waals surface area contributed by atoms with E-state index in [1.807, 2.05) is 0 Å². The van der Waals surface area contributed by atoms with Crippen molar-refractivity contribution < 1.29 is 14.7 Å². The maximum Gasteiger partial charge on any atom is 0.320 e. The summed E-state index contributed by atoms with van der Waals surface area (Å²) in [4.78, 5) is 20.7. The standard InChI is InChI=1S/C6H10ClNO3/c7-3-4(9)1-2-5(8)6(10)11/h5H,1-3,8H2,(H,10,11)/t5-/m1/s1. The fraction of sp³-hybridized carbons (Fsp3) is 0.667. The summed E-state index contributed by atoms with van der Waals surface area (Å²) >= 11 is 5.18. The molecule has 0 unspecified atom stereocenters. The number of rotatable bonds is 5. The normalized spacial score (nSPS) is 12.5. The van der Waals surface area contributed by atoms with Crippen molar-refractivity contribution in [2.24, 2.45) is 5.73 Å². The largest absolute Gasteiger partial charge is 0.480 e. The van der Waals surface area contributed by atoms with E-state index in [2.05, 4.69) is 0 Å². The van der Waals surface area contributed by atoms with Gasteiger partial charge in [0.2, 0.25) is 0 Å². The molecule has 64 valence electrons. The van der Waals surface area contributed by atoms with E-state index in [4.69, 9.17) is 22.4 Å². The molecule has 0 aliphatic heterocycles. The van der Waals surface area contributed by atoms with E-state index in [-0.39, 0.29) is 24.5 Å². The number of carboxylic acids is 1. The van der Waals surface area contributed by atoms with Crippen LogP contribution in [0.3, 0.4) is 0 Å². The fourth-order valence-corrected chi connectivity index (χ4v) is 0.640. The predicted molar refractivity (Wildman–Crippen MR) is 40.6 cm³/mol. The minimum atomic E-state index is -1.09. The maximum absolute atomic E-state index is 10.6. The molecule has 0 rings (SSSR count). The first-order valence-electron chi connectivity index (χ1n) is 3.14. The summed E-state index contributed by atoms with van der Waals surface area (Å²) in [6, 6.07) is -0.956. The van der Waals surface area contributed by atoms with Crippen molar-refractivity contribution in [3.8, 4) is 0 Å². The van der Waals surface area contributed by atoms with Gasteiger partial charge in [0.15, 0.2) is 0 Å². The van der Waals surface area contributed by atoms with E-state index in [0.29, 0.717) is 0 Å². The van der Waals surface area contributed by atoms with Crippen molar-refractivity contribution in [3.63, 3.8) is 0 Å². The molecule has 0 aliphatic rings. The quantitative estimate of drug-likeness (QED) is 0.582. The second-order valence-corrected chi connectivity index (χ2v) is 2.42. The number of carboxylic acid groups (broad SMARTS) is 1. The lowest BCUT2D eigenvalue weighted by Gasteiger charge is -2.02. The minimum absolute atomic E-state index is 0.0770. The third-order valence-corrected chi connectivity index (χ3v) is 1.50. The van der Waals surface area contributed by atoms with E-state index >= 15 is 0 Å². The van der Waals surface area contributed by atoms with Gasteiger partial charge in [-0.1, -0.05) is 0 Å². The molecule has 0 saturated carbocycles. The van der Waals surface area contributed by atoms with Gasteiger partial charge in [-0.2, -0.15) is 0 Å². The van der Waals surface area contributed by atoms with Crippen molar-refractivity contribution in [2.45, 2.75) is 18.9 Å². The van der Waals surface area contributed by atoms with Gasteiger partial charge in [-0.05, 0) is 6.42 Å². The molecule has 0 amide bonds. The van der Waals surface area contributed by atoms with Gasteiger partial charge in [0.1, 0.15) is 11.8 Å². The molecule has 0 fully saturated rings. The van der Waals surface area contributed by atoms with Gasteiger partial charge < -0.3 is 10.8 Å². The summed E-state index contributed by atoms with van der Waals surface area (Å²) in [6.07, 6.45) is 0.290. The Morgan fingerprint density at radius 2 is 2.09 bits per heavy atom. The van der Waals surface area contributed by atoms with Crippen molar-refractivity contribution >= 4 is 23.4 Å². The number of ketones is 1. The lowest BCUT2D eigenvalue weighted by molar-refractivity contribution is -0.138. The van der Waals surface area contributed by atoms with Crippen LogP contribution in [0.15, 0.2) is 0 Å². The van der Waals surface area contributed by atoms with Gasteiger partial charge >= 0.3 is 5.97 Å². The average Bonchev–Trinajstić information content (AvgIpc) is 1.99. The number of nitrogens with two attached hydrogens (primary N) is 1. The minimum Gasteiger partial charge on any atom is -0.480 e. The van der Waals surface area contributed by atoms with Crippen LogP contribution in [0.2, 0.25) is 0 Å². The number of halogens is 1. The monoisotopic (exact) mass is 179 g/mol. The summed E-state index contributed by atoms with van der Waals surface area (Å²) in [6.45, 7) is 0. The summed E-state index contributed by atoms with van der Waals surface area (Å²) in [5, 5.41) is 8.30. The van der Waals surface area contributed by atoms with Crippen molar-refractivity contribution in [1.82, 2.24) is 0 Å².